The lowest BCUT2D eigenvalue weighted by atomic mass is 9.85. The topological polar surface area (TPSA) is 21.3 Å². The molecule has 1 aliphatic heterocycles. The molecule has 1 rings (SSSR count). The minimum atomic E-state index is 0.426. The molecule has 1 N–H and O–H groups in total. The fourth-order valence-electron chi connectivity index (χ4n) is 2.46. The van der Waals surface area contributed by atoms with Gasteiger partial charge in [0.15, 0.2) is 0 Å². The molecule has 2 nitrogen and oxygen atoms in total. The Balaban J connectivity index is 2.46. The third-order valence-electron chi connectivity index (χ3n) is 3.51. The van der Waals surface area contributed by atoms with Crippen LogP contribution in [0.4, 0.5) is 0 Å². The number of ether oxygens (including phenoxy) is 1. The molecule has 0 aromatic carbocycles. The summed E-state index contributed by atoms with van der Waals surface area (Å²) < 4.78 is 5.88. The Morgan fingerprint density at radius 2 is 2.06 bits per heavy atom. The molecule has 0 aromatic rings. The zero-order chi connectivity index (χ0) is 12.2. The normalized spacial score (nSPS) is 28.3. The van der Waals surface area contributed by atoms with Crippen molar-refractivity contribution in [2.75, 3.05) is 13.2 Å². The van der Waals surface area contributed by atoms with Gasteiger partial charge in [0.05, 0.1) is 6.10 Å². The predicted octanol–water partition coefficient (Wildman–Crippen LogP) is 3.22. The summed E-state index contributed by atoms with van der Waals surface area (Å²) in [5.41, 5.74) is 0.426. The van der Waals surface area contributed by atoms with Crippen LogP contribution in [0.25, 0.3) is 0 Å². The molecule has 0 aliphatic carbocycles. The second-order valence-corrected chi connectivity index (χ2v) is 6.36. The number of hydrogen-bond acceptors (Lipinski definition) is 2. The van der Waals surface area contributed by atoms with E-state index < -0.39 is 0 Å². The Hall–Kier alpha value is -0.0800. The Bertz CT molecular complexity index is 197. The molecule has 0 bridgehead atoms. The molecule has 0 aromatic heterocycles. The van der Waals surface area contributed by atoms with E-state index in [2.05, 4.69) is 39.9 Å². The van der Waals surface area contributed by atoms with Gasteiger partial charge >= 0.3 is 0 Å². The maximum absolute atomic E-state index is 5.88. The first-order valence-electron chi connectivity index (χ1n) is 6.79. The molecule has 3 atom stereocenters. The number of nitrogens with one attached hydrogen (secondary N) is 1. The largest absolute Gasteiger partial charge is 0.376 e. The van der Waals surface area contributed by atoms with E-state index in [1.54, 1.807) is 0 Å². The lowest BCUT2D eigenvalue weighted by Gasteiger charge is -2.29. The van der Waals surface area contributed by atoms with E-state index in [1.807, 2.05) is 0 Å². The molecule has 16 heavy (non-hydrogen) atoms. The summed E-state index contributed by atoms with van der Waals surface area (Å²) in [4.78, 5) is 0. The summed E-state index contributed by atoms with van der Waals surface area (Å²) >= 11 is 0. The summed E-state index contributed by atoms with van der Waals surface area (Å²) in [5, 5.41) is 3.60. The molecule has 1 saturated heterocycles. The molecule has 0 amide bonds. The Labute approximate surface area is 101 Å². The van der Waals surface area contributed by atoms with Crippen LogP contribution in [-0.4, -0.2) is 25.3 Å². The van der Waals surface area contributed by atoms with Gasteiger partial charge in [-0.05, 0) is 37.1 Å². The van der Waals surface area contributed by atoms with Gasteiger partial charge in [-0.1, -0.05) is 34.6 Å². The first-order valence-corrected chi connectivity index (χ1v) is 6.79. The molecule has 2 heteroatoms. The summed E-state index contributed by atoms with van der Waals surface area (Å²) in [6.07, 6.45) is 4.15. The van der Waals surface area contributed by atoms with Crippen molar-refractivity contribution in [3.8, 4) is 0 Å². The quantitative estimate of drug-likeness (QED) is 0.778. The van der Waals surface area contributed by atoms with Crippen molar-refractivity contribution in [2.24, 2.45) is 11.3 Å². The highest BCUT2D eigenvalue weighted by atomic mass is 16.5. The molecule has 1 heterocycles. The van der Waals surface area contributed by atoms with E-state index in [-0.39, 0.29) is 0 Å². The van der Waals surface area contributed by atoms with Crippen LogP contribution < -0.4 is 5.32 Å². The van der Waals surface area contributed by atoms with Gasteiger partial charge in [-0.15, -0.1) is 0 Å². The predicted molar refractivity (Wildman–Crippen MR) is 69.7 cm³/mol. The molecule has 0 saturated carbocycles. The van der Waals surface area contributed by atoms with Gasteiger partial charge in [-0.2, -0.15) is 0 Å². The van der Waals surface area contributed by atoms with E-state index in [0.29, 0.717) is 23.5 Å². The molecular weight excluding hydrogens is 198 g/mol. The minimum Gasteiger partial charge on any atom is -0.376 e. The van der Waals surface area contributed by atoms with Crippen LogP contribution in [0.5, 0.6) is 0 Å². The summed E-state index contributed by atoms with van der Waals surface area (Å²) in [6.45, 7) is 13.4. The Morgan fingerprint density at radius 1 is 1.38 bits per heavy atom. The minimum absolute atomic E-state index is 0.426. The third-order valence-corrected chi connectivity index (χ3v) is 3.51. The molecule has 1 fully saturated rings. The first kappa shape index (κ1) is 14.0. The van der Waals surface area contributed by atoms with E-state index in [9.17, 15) is 0 Å². The number of rotatable bonds is 5. The summed E-state index contributed by atoms with van der Waals surface area (Å²) in [6, 6.07) is 0.543. The fourth-order valence-corrected chi connectivity index (χ4v) is 2.46. The van der Waals surface area contributed by atoms with E-state index >= 15 is 0 Å². The molecule has 1 aliphatic rings. The standard InChI is InChI=1S/C14H29NO/c1-6-15-12(7-9-14(3,4)5)13-11(2)8-10-16-13/h11-13,15H,6-10H2,1-5H3. The maximum atomic E-state index is 5.88. The summed E-state index contributed by atoms with van der Waals surface area (Å²) in [7, 11) is 0. The van der Waals surface area contributed by atoms with Crippen molar-refractivity contribution in [2.45, 2.75) is 66.0 Å². The van der Waals surface area contributed by atoms with Crippen LogP contribution in [0.2, 0.25) is 0 Å². The van der Waals surface area contributed by atoms with Gasteiger partial charge in [-0.25, -0.2) is 0 Å². The van der Waals surface area contributed by atoms with Crippen molar-refractivity contribution in [1.82, 2.24) is 5.32 Å². The lowest BCUT2D eigenvalue weighted by molar-refractivity contribution is 0.0551. The van der Waals surface area contributed by atoms with Crippen molar-refractivity contribution >= 4 is 0 Å². The second-order valence-electron chi connectivity index (χ2n) is 6.36. The highest BCUT2D eigenvalue weighted by molar-refractivity contribution is 4.85. The van der Waals surface area contributed by atoms with Crippen LogP contribution >= 0.6 is 0 Å². The molecule has 0 spiro atoms. The Morgan fingerprint density at radius 3 is 2.50 bits per heavy atom. The van der Waals surface area contributed by atoms with Gasteiger partial charge in [0, 0.05) is 12.6 Å². The SMILES string of the molecule is CCNC(CCC(C)(C)C)C1OCCC1C. The highest BCUT2D eigenvalue weighted by Gasteiger charge is 2.31. The van der Waals surface area contributed by atoms with E-state index in [4.69, 9.17) is 4.74 Å². The average molecular weight is 227 g/mol. The monoisotopic (exact) mass is 227 g/mol. The molecule has 96 valence electrons. The fraction of sp³-hybridized carbons (Fsp3) is 1.00. The zero-order valence-corrected chi connectivity index (χ0v) is 11.7. The molecular formula is C14H29NO. The van der Waals surface area contributed by atoms with Gasteiger partial charge in [0.1, 0.15) is 0 Å². The van der Waals surface area contributed by atoms with E-state index in [0.717, 1.165) is 13.2 Å². The van der Waals surface area contributed by atoms with E-state index in [1.165, 1.54) is 19.3 Å². The zero-order valence-electron chi connectivity index (χ0n) is 11.7. The number of hydrogen-bond donors (Lipinski definition) is 1. The van der Waals surface area contributed by atoms with Crippen LogP contribution in [0.3, 0.4) is 0 Å². The van der Waals surface area contributed by atoms with Gasteiger partial charge in [0.25, 0.3) is 0 Å². The number of likely N-dealkylation sites (N-methyl/N-ethyl adjacent to an activating group) is 1. The smallest absolute Gasteiger partial charge is 0.0754 e. The van der Waals surface area contributed by atoms with Crippen LogP contribution in [0, 0.1) is 11.3 Å². The maximum Gasteiger partial charge on any atom is 0.0754 e. The van der Waals surface area contributed by atoms with Crippen molar-refractivity contribution < 1.29 is 4.74 Å². The second kappa shape index (κ2) is 6.02. The molecule has 3 unspecified atom stereocenters. The third kappa shape index (κ3) is 4.42. The summed E-state index contributed by atoms with van der Waals surface area (Å²) in [5.74, 6) is 0.712. The molecule has 0 radical (unpaired) electrons. The van der Waals surface area contributed by atoms with Gasteiger partial charge in [-0.3, -0.25) is 0 Å². The Kier molecular flexibility index (Phi) is 5.26. The van der Waals surface area contributed by atoms with Crippen molar-refractivity contribution in [1.29, 1.82) is 0 Å². The van der Waals surface area contributed by atoms with Crippen molar-refractivity contribution in [3.63, 3.8) is 0 Å². The van der Waals surface area contributed by atoms with Gasteiger partial charge < -0.3 is 10.1 Å². The van der Waals surface area contributed by atoms with Crippen LogP contribution in [0.15, 0.2) is 0 Å². The lowest BCUT2D eigenvalue weighted by Crippen LogP contribution is -2.42. The van der Waals surface area contributed by atoms with Crippen molar-refractivity contribution in [3.05, 3.63) is 0 Å². The first-order chi connectivity index (χ1) is 7.44. The highest BCUT2D eigenvalue weighted by Crippen LogP contribution is 2.28. The van der Waals surface area contributed by atoms with Crippen LogP contribution in [-0.2, 0) is 4.74 Å². The van der Waals surface area contributed by atoms with Gasteiger partial charge in [0.2, 0.25) is 0 Å². The van der Waals surface area contributed by atoms with Crippen LogP contribution in [0.1, 0.15) is 53.9 Å². The average Bonchev–Trinajstić information content (AvgIpc) is 2.57.